The van der Waals surface area contributed by atoms with Gasteiger partial charge >= 0.3 is 5.82 Å². The van der Waals surface area contributed by atoms with E-state index in [1.54, 1.807) is 24.3 Å². The van der Waals surface area contributed by atoms with Crippen LogP contribution in [0.3, 0.4) is 0 Å². The van der Waals surface area contributed by atoms with Crippen LogP contribution in [0.2, 0.25) is 0 Å². The van der Waals surface area contributed by atoms with E-state index in [9.17, 15) is 18.5 Å². The van der Waals surface area contributed by atoms with E-state index in [1.807, 2.05) is 6.07 Å². The Bertz CT molecular complexity index is 960. The summed E-state index contributed by atoms with van der Waals surface area (Å²) < 4.78 is 29.1. The molecule has 1 aromatic heterocycles. The van der Waals surface area contributed by atoms with Gasteiger partial charge in [0.2, 0.25) is 5.75 Å². The van der Waals surface area contributed by atoms with Crippen LogP contribution in [0.4, 0.5) is 5.82 Å². The van der Waals surface area contributed by atoms with Gasteiger partial charge in [0.05, 0.1) is 18.7 Å². The van der Waals surface area contributed by atoms with Crippen molar-refractivity contribution in [2.24, 2.45) is 0 Å². The molecule has 2 aromatic rings. The van der Waals surface area contributed by atoms with Crippen molar-refractivity contribution >= 4 is 21.7 Å². The molecule has 1 heterocycles. The molecule has 25 heavy (non-hydrogen) atoms. The molecule has 0 aliphatic rings. The lowest BCUT2D eigenvalue weighted by atomic mass is 10.1. The summed E-state index contributed by atoms with van der Waals surface area (Å²) in [5.74, 6) is -1.06. The van der Waals surface area contributed by atoms with Crippen molar-refractivity contribution in [3.05, 3.63) is 68.7 Å². The predicted molar refractivity (Wildman–Crippen MR) is 90.3 cm³/mol. The van der Waals surface area contributed by atoms with Crippen molar-refractivity contribution in [3.8, 4) is 11.8 Å². The Balaban J connectivity index is 2.20. The molecule has 0 spiro atoms. The van der Waals surface area contributed by atoms with E-state index in [-0.39, 0.29) is 11.4 Å². The lowest BCUT2D eigenvalue weighted by Crippen LogP contribution is -2.05. The standard InChI is InChI=1S/C16H13N3O5S/c1-24-15-7-6-14(18-16(15)19(20)21)11-25(22,23)9-8-12-2-4-13(10-17)5-3-12/h2-9H,11H2,1H3. The van der Waals surface area contributed by atoms with Crippen molar-refractivity contribution in [1.82, 2.24) is 4.98 Å². The molecule has 8 nitrogen and oxygen atoms in total. The lowest BCUT2D eigenvalue weighted by molar-refractivity contribution is -0.390. The van der Waals surface area contributed by atoms with Crippen LogP contribution in [0.1, 0.15) is 16.8 Å². The van der Waals surface area contributed by atoms with E-state index in [4.69, 9.17) is 10.00 Å². The zero-order valence-corrected chi connectivity index (χ0v) is 13.9. The summed E-state index contributed by atoms with van der Waals surface area (Å²) in [6.45, 7) is 0. The molecule has 0 aliphatic heterocycles. The van der Waals surface area contributed by atoms with Crippen LogP contribution < -0.4 is 4.74 Å². The van der Waals surface area contributed by atoms with E-state index < -0.39 is 26.3 Å². The fourth-order valence-electron chi connectivity index (χ4n) is 1.95. The second-order valence-corrected chi connectivity index (χ2v) is 6.82. The molecule has 0 saturated heterocycles. The minimum atomic E-state index is -3.68. The second kappa shape index (κ2) is 7.55. The largest absolute Gasteiger partial charge is 0.489 e. The smallest absolute Gasteiger partial charge is 0.406 e. The Hall–Kier alpha value is -3.25. The third-order valence-corrected chi connectivity index (χ3v) is 4.40. The Labute approximate surface area is 144 Å². The third kappa shape index (κ3) is 4.86. The number of aromatic nitrogens is 1. The number of benzene rings is 1. The van der Waals surface area contributed by atoms with E-state index in [1.165, 1.54) is 25.3 Å². The highest BCUT2D eigenvalue weighted by molar-refractivity contribution is 7.93. The normalized spacial score (nSPS) is 11.2. The Morgan fingerprint density at radius 1 is 1.28 bits per heavy atom. The van der Waals surface area contributed by atoms with Crippen LogP contribution in [0.15, 0.2) is 41.8 Å². The van der Waals surface area contributed by atoms with Crippen molar-refractivity contribution in [3.63, 3.8) is 0 Å². The van der Waals surface area contributed by atoms with Gasteiger partial charge in [-0.25, -0.2) is 8.42 Å². The molecule has 1 aromatic carbocycles. The molecule has 9 heteroatoms. The van der Waals surface area contributed by atoms with Crippen molar-refractivity contribution < 1.29 is 18.1 Å². The van der Waals surface area contributed by atoms with E-state index in [2.05, 4.69) is 4.98 Å². The van der Waals surface area contributed by atoms with Gasteiger partial charge in [-0.05, 0) is 45.8 Å². The summed E-state index contributed by atoms with van der Waals surface area (Å²) in [4.78, 5) is 13.9. The average Bonchev–Trinajstić information content (AvgIpc) is 2.60. The first kappa shape index (κ1) is 18.1. The Morgan fingerprint density at radius 3 is 2.52 bits per heavy atom. The summed E-state index contributed by atoms with van der Waals surface area (Å²) in [5.41, 5.74) is 1.11. The SMILES string of the molecule is COc1ccc(CS(=O)(=O)C=Cc2ccc(C#N)cc2)nc1[N+](=O)[O-]. The maximum atomic E-state index is 12.2. The third-order valence-electron chi connectivity index (χ3n) is 3.15. The Kier molecular flexibility index (Phi) is 5.46. The summed E-state index contributed by atoms with van der Waals surface area (Å²) in [7, 11) is -2.42. The quantitative estimate of drug-likeness (QED) is 0.573. The number of ether oxygens (including phenoxy) is 1. The number of nitriles is 1. The van der Waals surface area contributed by atoms with Gasteiger partial charge in [0.15, 0.2) is 15.5 Å². The molecule has 0 aliphatic carbocycles. The maximum absolute atomic E-state index is 12.2. The van der Waals surface area contributed by atoms with Crippen LogP contribution in [-0.4, -0.2) is 25.4 Å². The van der Waals surface area contributed by atoms with Crippen LogP contribution in [0.25, 0.3) is 6.08 Å². The molecule has 0 atom stereocenters. The average molecular weight is 359 g/mol. The molecule has 2 rings (SSSR count). The zero-order valence-electron chi connectivity index (χ0n) is 13.1. The molecule has 0 fully saturated rings. The summed E-state index contributed by atoms with van der Waals surface area (Å²) in [6, 6.07) is 11.0. The number of sulfone groups is 1. The maximum Gasteiger partial charge on any atom is 0.406 e. The summed E-state index contributed by atoms with van der Waals surface area (Å²) >= 11 is 0. The van der Waals surface area contributed by atoms with E-state index in [0.29, 0.717) is 11.1 Å². The molecule has 0 amide bonds. The number of rotatable bonds is 6. The number of pyridine rings is 1. The topological polar surface area (TPSA) is 123 Å². The zero-order chi connectivity index (χ0) is 18.4. The monoisotopic (exact) mass is 359 g/mol. The molecule has 0 bridgehead atoms. The molecule has 0 radical (unpaired) electrons. The molecular formula is C16H13N3O5S. The van der Waals surface area contributed by atoms with Gasteiger partial charge in [-0.1, -0.05) is 12.1 Å². The van der Waals surface area contributed by atoms with Gasteiger partial charge < -0.3 is 14.9 Å². The van der Waals surface area contributed by atoms with E-state index >= 15 is 0 Å². The van der Waals surface area contributed by atoms with Gasteiger partial charge in [-0.2, -0.15) is 5.26 Å². The number of methoxy groups -OCH3 is 1. The van der Waals surface area contributed by atoms with Crippen LogP contribution in [0.5, 0.6) is 5.75 Å². The number of nitro groups is 1. The van der Waals surface area contributed by atoms with Crippen molar-refractivity contribution in [2.75, 3.05) is 7.11 Å². The molecular weight excluding hydrogens is 346 g/mol. The fourth-order valence-corrected chi connectivity index (χ4v) is 2.98. The predicted octanol–water partition coefficient (Wildman–Crippen LogP) is 2.46. The van der Waals surface area contributed by atoms with Gasteiger partial charge in [-0.3, -0.25) is 0 Å². The first-order valence-corrected chi connectivity index (χ1v) is 8.65. The molecule has 0 saturated carbocycles. The van der Waals surface area contributed by atoms with Crippen LogP contribution in [-0.2, 0) is 15.6 Å². The Morgan fingerprint density at radius 2 is 1.96 bits per heavy atom. The first-order chi connectivity index (χ1) is 11.8. The lowest BCUT2D eigenvalue weighted by Gasteiger charge is -2.02. The van der Waals surface area contributed by atoms with Crippen LogP contribution >= 0.6 is 0 Å². The molecule has 128 valence electrons. The second-order valence-electron chi connectivity index (χ2n) is 4.93. The van der Waals surface area contributed by atoms with Crippen molar-refractivity contribution in [2.45, 2.75) is 5.75 Å². The number of hydrogen-bond acceptors (Lipinski definition) is 7. The highest BCUT2D eigenvalue weighted by atomic mass is 32.2. The highest BCUT2D eigenvalue weighted by Crippen LogP contribution is 2.24. The number of nitrogens with zero attached hydrogens (tertiary/aromatic N) is 3. The molecule has 0 unspecified atom stereocenters. The minimum absolute atomic E-state index is 0.0389. The minimum Gasteiger partial charge on any atom is -0.489 e. The van der Waals surface area contributed by atoms with E-state index in [0.717, 1.165) is 5.41 Å². The van der Waals surface area contributed by atoms with Gasteiger partial charge in [-0.15, -0.1) is 0 Å². The summed E-state index contributed by atoms with van der Waals surface area (Å²) in [6.07, 6.45) is 1.38. The van der Waals surface area contributed by atoms with Gasteiger partial charge in [0, 0.05) is 5.41 Å². The van der Waals surface area contributed by atoms with Gasteiger partial charge in [0.1, 0.15) is 5.75 Å². The molecule has 0 N–H and O–H groups in total. The van der Waals surface area contributed by atoms with Gasteiger partial charge in [0.25, 0.3) is 0 Å². The first-order valence-electron chi connectivity index (χ1n) is 6.94. The fraction of sp³-hybridized carbons (Fsp3) is 0.125. The number of hydrogen-bond donors (Lipinski definition) is 0. The summed E-state index contributed by atoms with van der Waals surface area (Å²) in [5, 5.41) is 20.7. The van der Waals surface area contributed by atoms with Crippen molar-refractivity contribution in [1.29, 1.82) is 5.26 Å². The van der Waals surface area contributed by atoms with Crippen LogP contribution in [0, 0.1) is 21.4 Å². The highest BCUT2D eigenvalue weighted by Gasteiger charge is 2.21.